The van der Waals surface area contributed by atoms with Crippen LogP contribution in [-0.2, 0) is 6.42 Å². The topological polar surface area (TPSA) is 37.9 Å². The molecule has 1 aromatic heterocycles. The maximum absolute atomic E-state index is 5.34. The summed E-state index contributed by atoms with van der Waals surface area (Å²) in [4.78, 5) is 7.64. The van der Waals surface area contributed by atoms with Gasteiger partial charge in [-0.2, -0.15) is 0 Å². The van der Waals surface area contributed by atoms with Gasteiger partial charge in [-0.05, 0) is 43.2 Å². The number of methoxy groups -OCH3 is 1. The van der Waals surface area contributed by atoms with E-state index in [1.807, 2.05) is 19.1 Å². The minimum Gasteiger partial charge on any atom is -0.496 e. The fourth-order valence-electron chi connectivity index (χ4n) is 2.12. The maximum atomic E-state index is 5.34. The summed E-state index contributed by atoms with van der Waals surface area (Å²) in [7, 11) is 1.69. The van der Waals surface area contributed by atoms with E-state index < -0.39 is 0 Å². The van der Waals surface area contributed by atoms with E-state index >= 15 is 0 Å². The molecule has 1 heterocycles. The molecule has 0 amide bonds. The number of aryl methyl sites for hydroxylation is 3. The minimum absolute atomic E-state index is 0.624. The lowest BCUT2D eigenvalue weighted by molar-refractivity contribution is 0.411. The number of aromatic nitrogens is 2. The quantitative estimate of drug-likeness (QED) is 0.860. The number of ether oxygens (including phenoxy) is 1. The fourth-order valence-corrected chi connectivity index (χ4v) is 2.35. The number of benzene rings is 1. The first-order valence-corrected chi connectivity index (χ1v) is 6.71. The molecule has 0 aliphatic carbocycles. The highest BCUT2D eigenvalue weighted by molar-refractivity contribution is 7.71. The van der Waals surface area contributed by atoms with Gasteiger partial charge in [0.05, 0.1) is 7.11 Å². The van der Waals surface area contributed by atoms with Crippen LogP contribution in [0.5, 0.6) is 5.75 Å². The van der Waals surface area contributed by atoms with Crippen LogP contribution in [0.25, 0.3) is 11.3 Å². The highest BCUT2D eigenvalue weighted by Crippen LogP contribution is 2.29. The summed E-state index contributed by atoms with van der Waals surface area (Å²) in [5.41, 5.74) is 4.42. The lowest BCUT2D eigenvalue weighted by Gasteiger charge is -2.12. The van der Waals surface area contributed by atoms with Crippen molar-refractivity contribution in [1.29, 1.82) is 0 Å². The van der Waals surface area contributed by atoms with Gasteiger partial charge >= 0.3 is 0 Å². The lowest BCUT2D eigenvalue weighted by Crippen LogP contribution is -1.98. The maximum Gasteiger partial charge on any atom is 0.130 e. The molecule has 0 radical (unpaired) electrons. The molecular weight excluding hydrogens is 256 g/mol. The van der Waals surface area contributed by atoms with E-state index in [9.17, 15) is 0 Å². The SMILES string of the molecule is CCc1nc(=S)cc(-c2cc(C)c(OC)cc2C)[nH]1. The van der Waals surface area contributed by atoms with Gasteiger partial charge < -0.3 is 9.72 Å². The van der Waals surface area contributed by atoms with E-state index in [4.69, 9.17) is 17.0 Å². The second-order valence-corrected chi connectivity index (χ2v) is 4.99. The van der Waals surface area contributed by atoms with Crippen molar-refractivity contribution < 1.29 is 4.74 Å². The Morgan fingerprint density at radius 1 is 1.21 bits per heavy atom. The number of hydrogen-bond acceptors (Lipinski definition) is 3. The van der Waals surface area contributed by atoms with Gasteiger partial charge in [-0.3, -0.25) is 0 Å². The average molecular weight is 274 g/mol. The molecule has 0 spiro atoms. The molecule has 0 fully saturated rings. The number of hydrogen-bond donors (Lipinski definition) is 1. The molecule has 1 aromatic carbocycles. The molecule has 0 saturated heterocycles. The summed E-state index contributed by atoms with van der Waals surface area (Å²) < 4.78 is 5.97. The standard InChI is InChI=1S/C15H18N2OS/c1-5-14-16-12(8-15(19)17-14)11-6-10(3)13(18-4)7-9(11)2/h6-8H,5H2,1-4H3,(H,16,17,19). The smallest absolute Gasteiger partial charge is 0.130 e. The van der Waals surface area contributed by atoms with E-state index in [1.165, 1.54) is 0 Å². The van der Waals surface area contributed by atoms with Crippen molar-refractivity contribution in [2.75, 3.05) is 7.11 Å². The van der Waals surface area contributed by atoms with Gasteiger partial charge in [0.2, 0.25) is 0 Å². The summed E-state index contributed by atoms with van der Waals surface area (Å²) in [5, 5.41) is 0. The molecule has 3 nitrogen and oxygen atoms in total. The molecule has 0 atom stereocenters. The van der Waals surface area contributed by atoms with Crippen molar-refractivity contribution >= 4 is 12.2 Å². The van der Waals surface area contributed by atoms with Gasteiger partial charge in [0.25, 0.3) is 0 Å². The van der Waals surface area contributed by atoms with Crippen LogP contribution >= 0.6 is 12.2 Å². The number of nitrogens with zero attached hydrogens (tertiary/aromatic N) is 1. The van der Waals surface area contributed by atoms with E-state index in [-0.39, 0.29) is 0 Å². The number of H-pyrrole nitrogens is 1. The van der Waals surface area contributed by atoms with Gasteiger partial charge in [-0.1, -0.05) is 19.1 Å². The molecule has 0 aliphatic heterocycles. The molecule has 1 N–H and O–H groups in total. The van der Waals surface area contributed by atoms with Crippen molar-refractivity contribution in [3.05, 3.63) is 39.8 Å². The Hall–Kier alpha value is -1.68. The molecule has 2 rings (SSSR count). The van der Waals surface area contributed by atoms with Crippen LogP contribution in [0.1, 0.15) is 23.9 Å². The average Bonchev–Trinajstić information content (AvgIpc) is 2.40. The predicted molar refractivity (Wildman–Crippen MR) is 80.3 cm³/mol. The Kier molecular flexibility index (Phi) is 4.00. The molecule has 0 saturated carbocycles. The van der Waals surface area contributed by atoms with Crippen LogP contribution in [0, 0.1) is 18.5 Å². The van der Waals surface area contributed by atoms with Crippen molar-refractivity contribution in [3.8, 4) is 17.0 Å². The van der Waals surface area contributed by atoms with Gasteiger partial charge in [0.1, 0.15) is 16.2 Å². The van der Waals surface area contributed by atoms with Gasteiger partial charge in [-0.15, -0.1) is 0 Å². The molecule has 4 heteroatoms. The number of rotatable bonds is 3. The second-order valence-electron chi connectivity index (χ2n) is 4.57. The minimum atomic E-state index is 0.624. The molecule has 0 unspecified atom stereocenters. The highest BCUT2D eigenvalue weighted by Gasteiger charge is 2.08. The third kappa shape index (κ3) is 2.84. The first-order valence-electron chi connectivity index (χ1n) is 6.31. The van der Waals surface area contributed by atoms with Crippen LogP contribution in [0.4, 0.5) is 0 Å². The summed E-state index contributed by atoms with van der Waals surface area (Å²) in [6, 6.07) is 6.07. The Balaban J connectivity index is 2.62. The normalized spacial score (nSPS) is 10.5. The monoisotopic (exact) mass is 274 g/mol. The molecule has 100 valence electrons. The van der Waals surface area contributed by atoms with Gasteiger partial charge in [-0.25, -0.2) is 4.98 Å². The van der Waals surface area contributed by atoms with Crippen LogP contribution in [0.3, 0.4) is 0 Å². The zero-order chi connectivity index (χ0) is 14.0. The first kappa shape index (κ1) is 13.7. The molecule has 0 bridgehead atoms. The summed E-state index contributed by atoms with van der Waals surface area (Å²) in [6.45, 7) is 6.17. The highest BCUT2D eigenvalue weighted by atomic mass is 32.1. The zero-order valence-corrected chi connectivity index (χ0v) is 12.5. The van der Waals surface area contributed by atoms with Crippen LogP contribution in [0.2, 0.25) is 0 Å². The van der Waals surface area contributed by atoms with Crippen molar-refractivity contribution in [1.82, 2.24) is 9.97 Å². The third-order valence-corrected chi connectivity index (χ3v) is 3.37. The van der Waals surface area contributed by atoms with Gasteiger partial charge in [0, 0.05) is 17.7 Å². The van der Waals surface area contributed by atoms with Gasteiger partial charge in [0.15, 0.2) is 0 Å². The van der Waals surface area contributed by atoms with Crippen LogP contribution in [-0.4, -0.2) is 17.1 Å². The molecule has 2 aromatic rings. The van der Waals surface area contributed by atoms with E-state index in [1.54, 1.807) is 7.11 Å². The summed E-state index contributed by atoms with van der Waals surface area (Å²) in [6.07, 6.45) is 0.839. The van der Waals surface area contributed by atoms with Crippen molar-refractivity contribution in [3.63, 3.8) is 0 Å². The zero-order valence-electron chi connectivity index (χ0n) is 11.7. The Morgan fingerprint density at radius 2 is 1.95 bits per heavy atom. The lowest BCUT2D eigenvalue weighted by atomic mass is 10.0. The Labute approximate surface area is 118 Å². The third-order valence-electron chi connectivity index (χ3n) is 3.16. The van der Waals surface area contributed by atoms with E-state index in [2.05, 4.69) is 29.9 Å². The van der Waals surface area contributed by atoms with E-state index in [0.717, 1.165) is 40.4 Å². The first-order chi connectivity index (χ1) is 9.05. The summed E-state index contributed by atoms with van der Waals surface area (Å²) in [5.74, 6) is 1.82. The Bertz CT molecular complexity index is 662. The van der Waals surface area contributed by atoms with E-state index in [0.29, 0.717) is 4.64 Å². The number of nitrogens with one attached hydrogen (secondary N) is 1. The van der Waals surface area contributed by atoms with Crippen LogP contribution < -0.4 is 4.74 Å². The predicted octanol–water partition coefficient (Wildman–Crippen LogP) is 3.99. The fraction of sp³-hybridized carbons (Fsp3) is 0.333. The molecule has 0 aliphatic rings. The summed E-state index contributed by atoms with van der Waals surface area (Å²) >= 11 is 5.22. The molecular formula is C15H18N2OS. The van der Waals surface area contributed by atoms with Crippen molar-refractivity contribution in [2.45, 2.75) is 27.2 Å². The number of aromatic amines is 1. The second kappa shape index (κ2) is 5.53. The molecule has 19 heavy (non-hydrogen) atoms. The largest absolute Gasteiger partial charge is 0.496 e. The van der Waals surface area contributed by atoms with Crippen LogP contribution in [0.15, 0.2) is 18.2 Å². The Morgan fingerprint density at radius 3 is 2.58 bits per heavy atom. The van der Waals surface area contributed by atoms with Crippen molar-refractivity contribution in [2.24, 2.45) is 0 Å².